The van der Waals surface area contributed by atoms with Crippen molar-refractivity contribution in [1.29, 1.82) is 0 Å². The van der Waals surface area contributed by atoms with Crippen molar-refractivity contribution in [2.45, 2.75) is 50.7 Å². The zero-order chi connectivity index (χ0) is 15.5. The Hall–Kier alpha value is -1.34. The second kappa shape index (κ2) is 10.4. The number of rotatable bonds is 9. The van der Waals surface area contributed by atoms with Crippen molar-refractivity contribution in [2.24, 2.45) is 0 Å². The van der Waals surface area contributed by atoms with Crippen molar-refractivity contribution >= 4 is 12.0 Å². The van der Waals surface area contributed by atoms with Gasteiger partial charge in [-0.15, -0.1) is 0 Å². The Balaban J connectivity index is 2.18. The summed E-state index contributed by atoms with van der Waals surface area (Å²) in [6.07, 6.45) is 5.19. The summed E-state index contributed by atoms with van der Waals surface area (Å²) in [6, 6.07) is -1.33. The molecule has 7 heteroatoms. The van der Waals surface area contributed by atoms with Crippen LogP contribution in [-0.4, -0.2) is 56.1 Å². The van der Waals surface area contributed by atoms with Crippen molar-refractivity contribution in [1.82, 2.24) is 10.6 Å². The average molecular weight is 302 g/mol. The highest BCUT2D eigenvalue weighted by Gasteiger charge is 2.19. The number of carbonyl (C=O) groups is 2. The predicted octanol–water partition coefficient (Wildman–Crippen LogP) is 1.12. The molecule has 0 aromatic rings. The van der Waals surface area contributed by atoms with Gasteiger partial charge in [0.1, 0.15) is 6.04 Å². The molecule has 21 heavy (non-hydrogen) atoms. The van der Waals surface area contributed by atoms with Crippen LogP contribution < -0.4 is 10.6 Å². The lowest BCUT2D eigenvalue weighted by Gasteiger charge is -2.22. The standard InChI is InChI=1S/C14H26N2O5/c1-20-9-4-6-12(13(17)18)16-14(19)15-8-7-11-5-2-3-10-21-11/h11-12H,2-10H2,1H3,(H,17,18)(H2,15,16,19). The zero-order valence-electron chi connectivity index (χ0n) is 12.6. The van der Waals surface area contributed by atoms with Gasteiger partial charge in [0.25, 0.3) is 0 Å². The Morgan fingerprint density at radius 1 is 1.43 bits per heavy atom. The van der Waals surface area contributed by atoms with Gasteiger partial charge in [-0.1, -0.05) is 0 Å². The SMILES string of the molecule is COCCCC(NC(=O)NCCC1CCCCO1)C(=O)O. The molecular formula is C14H26N2O5. The summed E-state index contributed by atoms with van der Waals surface area (Å²) in [6.45, 7) is 1.75. The summed E-state index contributed by atoms with van der Waals surface area (Å²) in [4.78, 5) is 22.7. The number of carboxylic acids is 1. The average Bonchev–Trinajstić information content (AvgIpc) is 2.47. The number of carbonyl (C=O) groups excluding carboxylic acids is 1. The van der Waals surface area contributed by atoms with Crippen molar-refractivity contribution in [3.8, 4) is 0 Å². The number of amides is 2. The van der Waals surface area contributed by atoms with Crippen LogP contribution in [0.3, 0.4) is 0 Å². The molecule has 0 aliphatic carbocycles. The molecule has 1 aliphatic heterocycles. The van der Waals surface area contributed by atoms with Crippen LogP contribution in [0, 0.1) is 0 Å². The highest BCUT2D eigenvalue weighted by atomic mass is 16.5. The van der Waals surface area contributed by atoms with Crippen molar-refractivity contribution in [2.75, 3.05) is 26.9 Å². The van der Waals surface area contributed by atoms with E-state index < -0.39 is 18.0 Å². The minimum atomic E-state index is -1.03. The van der Waals surface area contributed by atoms with Gasteiger partial charge in [0, 0.05) is 26.9 Å². The maximum absolute atomic E-state index is 11.7. The van der Waals surface area contributed by atoms with Crippen LogP contribution in [0.5, 0.6) is 0 Å². The molecule has 0 aromatic carbocycles. The van der Waals surface area contributed by atoms with E-state index in [9.17, 15) is 9.59 Å². The van der Waals surface area contributed by atoms with E-state index >= 15 is 0 Å². The summed E-state index contributed by atoms with van der Waals surface area (Å²) in [5.41, 5.74) is 0. The third-order valence-corrected chi connectivity index (χ3v) is 3.47. The highest BCUT2D eigenvalue weighted by Crippen LogP contribution is 2.14. The fourth-order valence-electron chi connectivity index (χ4n) is 2.28. The largest absolute Gasteiger partial charge is 0.480 e. The number of methoxy groups -OCH3 is 1. The molecule has 0 bridgehead atoms. The summed E-state index contributed by atoms with van der Waals surface area (Å²) < 4.78 is 10.4. The van der Waals surface area contributed by atoms with E-state index in [4.69, 9.17) is 14.6 Å². The van der Waals surface area contributed by atoms with Crippen LogP contribution in [0.2, 0.25) is 0 Å². The van der Waals surface area contributed by atoms with Crippen molar-refractivity contribution in [3.63, 3.8) is 0 Å². The predicted molar refractivity (Wildman–Crippen MR) is 77.3 cm³/mol. The summed E-state index contributed by atoms with van der Waals surface area (Å²) >= 11 is 0. The van der Waals surface area contributed by atoms with Crippen molar-refractivity contribution < 1.29 is 24.2 Å². The molecule has 1 saturated heterocycles. The molecule has 2 atom stereocenters. The van der Waals surface area contributed by atoms with E-state index in [0.717, 1.165) is 32.3 Å². The Morgan fingerprint density at radius 3 is 2.86 bits per heavy atom. The Kier molecular flexibility index (Phi) is 8.77. The van der Waals surface area contributed by atoms with Gasteiger partial charge in [-0.2, -0.15) is 0 Å². The van der Waals surface area contributed by atoms with Crippen LogP contribution >= 0.6 is 0 Å². The molecule has 2 unspecified atom stereocenters. The molecule has 0 radical (unpaired) electrons. The summed E-state index contributed by atoms with van der Waals surface area (Å²) in [5.74, 6) is -1.03. The van der Waals surface area contributed by atoms with E-state index in [-0.39, 0.29) is 6.10 Å². The van der Waals surface area contributed by atoms with Gasteiger partial charge in [0.15, 0.2) is 0 Å². The van der Waals surface area contributed by atoms with E-state index in [1.54, 1.807) is 7.11 Å². The van der Waals surface area contributed by atoms with Crippen LogP contribution in [-0.2, 0) is 14.3 Å². The third kappa shape index (κ3) is 7.87. The maximum atomic E-state index is 11.7. The van der Waals surface area contributed by atoms with Gasteiger partial charge in [-0.05, 0) is 38.5 Å². The van der Waals surface area contributed by atoms with Crippen LogP contribution in [0.4, 0.5) is 4.79 Å². The number of nitrogens with one attached hydrogen (secondary N) is 2. The first-order chi connectivity index (χ1) is 10.1. The second-order valence-electron chi connectivity index (χ2n) is 5.20. The molecule has 2 amide bonds. The first kappa shape index (κ1) is 17.7. The van der Waals surface area contributed by atoms with E-state index in [2.05, 4.69) is 10.6 Å². The highest BCUT2D eigenvalue weighted by molar-refractivity contribution is 5.82. The quantitative estimate of drug-likeness (QED) is 0.555. The van der Waals surface area contributed by atoms with E-state index in [1.807, 2.05) is 0 Å². The number of urea groups is 1. The summed E-state index contributed by atoms with van der Waals surface area (Å²) in [7, 11) is 1.56. The van der Waals surface area contributed by atoms with Crippen LogP contribution in [0.1, 0.15) is 38.5 Å². The fraction of sp³-hybridized carbons (Fsp3) is 0.857. The molecule has 1 rings (SSSR count). The smallest absolute Gasteiger partial charge is 0.326 e. The molecule has 7 nitrogen and oxygen atoms in total. The first-order valence-electron chi connectivity index (χ1n) is 7.51. The Morgan fingerprint density at radius 2 is 2.24 bits per heavy atom. The van der Waals surface area contributed by atoms with Gasteiger partial charge in [-0.3, -0.25) is 0 Å². The first-order valence-corrected chi connectivity index (χ1v) is 7.51. The number of hydrogen-bond donors (Lipinski definition) is 3. The lowest BCUT2D eigenvalue weighted by Crippen LogP contribution is -2.46. The van der Waals surface area contributed by atoms with Crippen LogP contribution in [0.25, 0.3) is 0 Å². The molecular weight excluding hydrogens is 276 g/mol. The van der Waals surface area contributed by atoms with Gasteiger partial charge in [-0.25, -0.2) is 9.59 Å². The zero-order valence-corrected chi connectivity index (χ0v) is 12.6. The topological polar surface area (TPSA) is 96.9 Å². The molecule has 0 aromatic heterocycles. The summed E-state index contributed by atoms with van der Waals surface area (Å²) in [5, 5.41) is 14.2. The number of aliphatic carboxylic acids is 1. The van der Waals surface area contributed by atoms with Gasteiger partial charge < -0.3 is 25.2 Å². The molecule has 0 spiro atoms. The number of hydrogen-bond acceptors (Lipinski definition) is 4. The monoisotopic (exact) mass is 302 g/mol. The molecule has 0 saturated carbocycles. The van der Waals surface area contributed by atoms with Gasteiger partial charge in [0.05, 0.1) is 6.10 Å². The van der Waals surface area contributed by atoms with Gasteiger partial charge >= 0.3 is 12.0 Å². The molecule has 3 N–H and O–H groups in total. The Labute approximate surface area is 125 Å². The van der Waals surface area contributed by atoms with Crippen LogP contribution in [0.15, 0.2) is 0 Å². The number of ether oxygens (including phenoxy) is 2. The molecule has 122 valence electrons. The molecule has 1 aliphatic rings. The normalized spacial score (nSPS) is 19.8. The van der Waals surface area contributed by atoms with Gasteiger partial charge in [0.2, 0.25) is 0 Å². The maximum Gasteiger partial charge on any atom is 0.326 e. The third-order valence-electron chi connectivity index (χ3n) is 3.47. The van der Waals surface area contributed by atoms with E-state index in [1.165, 1.54) is 0 Å². The minimum absolute atomic E-state index is 0.205. The molecule has 1 fully saturated rings. The Bertz CT molecular complexity index is 318. The number of carboxylic acid groups (broad SMARTS) is 1. The lowest BCUT2D eigenvalue weighted by molar-refractivity contribution is -0.139. The second-order valence-corrected chi connectivity index (χ2v) is 5.20. The fourth-order valence-corrected chi connectivity index (χ4v) is 2.28. The lowest BCUT2D eigenvalue weighted by atomic mass is 10.1. The molecule has 1 heterocycles. The minimum Gasteiger partial charge on any atom is -0.480 e. The van der Waals surface area contributed by atoms with Crippen molar-refractivity contribution in [3.05, 3.63) is 0 Å². The van der Waals surface area contributed by atoms with E-state index in [0.29, 0.717) is 26.0 Å².